The lowest BCUT2D eigenvalue weighted by molar-refractivity contribution is -0.0451. The maximum atomic E-state index is 6.12. The fourth-order valence-corrected chi connectivity index (χ4v) is 3.96. The number of thiophene rings is 1. The lowest BCUT2D eigenvalue weighted by atomic mass is 9.81. The van der Waals surface area contributed by atoms with Crippen molar-refractivity contribution in [3.63, 3.8) is 0 Å². The molecule has 1 saturated heterocycles. The van der Waals surface area contributed by atoms with Crippen LogP contribution in [0.5, 0.6) is 0 Å². The van der Waals surface area contributed by atoms with Gasteiger partial charge in [-0.2, -0.15) is 0 Å². The number of aryl methyl sites for hydroxylation is 1. The molecule has 2 heterocycles. The SMILES string of the molecule is Cc1ccc(C2CNC3(CCCCC3)CO2)s1. The Morgan fingerprint density at radius 3 is 2.71 bits per heavy atom. The largest absolute Gasteiger partial charge is 0.369 e. The normalized spacial score (nSPS) is 28.4. The molecule has 1 aliphatic heterocycles. The lowest BCUT2D eigenvalue weighted by Crippen LogP contribution is -2.55. The molecule has 1 aliphatic carbocycles. The molecule has 3 rings (SSSR count). The molecule has 0 bridgehead atoms. The van der Waals surface area contributed by atoms with E-state index in [1.54, 1.807) is 0 Å². The highest BCUT2D eigenvalue weighted by molar-refractivity contribution is 7.12. The van der Waals surface area contributed by atoms with E-state index in [4.69, 9.17) is 4.74 Å². The van der Waals surface area contributed by atoms with Gasteiger partial charge in [-0.3, -0.25) is 0 Å². The molecule has 17 heavy (non-hydrogen) atoms. The van der Waals surface area contributed by atoms with Crippen molar-refractivity contribution >= 4 is 11.3 Å². The van der Waals surface area contributed by atoms with Gasteiger partial charge in [-0.15, -0.1) is 11.3 Å². The molecule has 1 unspecified atom stereocenters. The van der Waals surface area contributed by atoms with Crippen LogP contribution >= 0.6 is 11.3 Å². The van der Waals surface area contributed by atoms with E-state index >= 15 is 0 Å². The molecule has 0 aromatic carbocycles. The number of ether oxygens (including phenoxy) is 1. The van der Waals surface area contributed by atoms with Crippen molar-refractivity contribution in [3.8, 4) is 0 Å². The van der Waals surface area contributed by atoms with Gasteiger partial charge in [0, 0.05) is 21.8 Å². The highest BCUT2D eigenvalue weighted by Crippen LogP contribution is 2.35. The third kappa shape index (κ3) is 2.42. The molecule has 3 heteroatoms. The Morgan fingerprint density at radius 2 is 2.12 bits per heavy atom. The van der Waals surface area contributed by atoms with Gasteiger partial charge in [-0.05, 0) is 31.9 Å². The first-order valence-corrected chi connectivity index (χ1v) is 7.52. The van der Waals surface area contributed by atoms with Gasteiger partial charge in [0.25, 0.3) is 0 Å². The summed E-state index contributed by atoms with van der Waals surface area (Å²) in [6, 6.07) is 4.40. The molecule has 1 saturated carbocycles. The van der Waals surface area contributed by atoms with Crippen LogP contribution in [0.15, 0.2) is 12.1 Å². The lowest BCUT2D eigenvalue weighted by Gasteiger charge is -2.43. The zero-order valence-corrected chi connectivity index (χ0v) is 11.3. The third-order valence-corrected chi connectivity index (χ3v) is 5.21. The first-order chi connectivity index (χ1) is 8.27. The summed E-state index contributed by atoms with van der Waals surface area (Å²) in [4.78, 5) is 2.75. The second-order valence-electron chi connectivity index (χ2n) is 5.47. The Morgan fingerprint density at radius 1 is 1.29 bits per heavy atom. The molecule has 1 atom stereocenters. The van der Waals surface area contributed by atoms with Crippen molar-refractivity contribution in [2.24, 2.45) is 0 Å². The molecular formula is C14H21NOS. The summed E-state index contributed by atoms with van der Waals surface area (Å²) in [5, 5.41) is 3.77. The van der Waals surface area contributed by atoms with Gasteiger partial charge in [0.05, 0.1) is 6.61 Å². The predicted octanol–water partition coefficient (Wildman–Crippen LogP) is 3.42. The monoisotopic (exact) mass is 251 g/mol. The Kier molecular flexibility index (Phi) is 3.24. The summed E-state index contributed by atoms with van der Waals surface area (Å²) in [6.45, 7) is 4.04. The van der Waals surface area contributed by atoms with Crippen LogP contribution in [0.3, 0.4) is 0 Å². The fourth-order valence-electron chi connectivity index (χ4n) is 3.04. The van der Waals surface area contributed by atoms with E-state index in [0.717, 1.165) is 13.2 Å². The Bertz CT molecular complexity index is 371. The average Bonchev–Trinajstić information content (AvgIpc) is 2.78. The first-order valence-electron chi connectivity index (χ1n) is 6.70. The van der Waals surface area contributed by atoms with Gasteiger partial charge in [-0.25, -0.2) is 0 Å². The molecule has 1 aromatic heterocycles. The van der Waals surface area contributed by atoms with Crippen LogP contribution < -0.4 is 5.32 Å². The summed E-state index contributed by atoms with van der Waals surface area (Å²) >= 11 is 1.86. The quantitative estimate of drug-likeness (QED) is 0.826. The van der Waals surface area contributed by atoms with Crippen molar-refractivity contribution in [2.45, 2.75) is 50.7 Å². The Hall–Kier alpha value is -0.380. The summed E-state index contributed by atoms with van der Waals surface area (Å²) in [5.74, 6) is 0. The highest BCUT2D eigenvalue weighted by Gasteiger charge is 2.37. The van der Waals surface area contributed by atoms with Crippen LogP contribution in [0.2, 0.25) is 0 Å². The van der Waals surface area contributed by atoms with E-state index in [0.29, 0.717) is 5.54 Å². The predicted molar refractivity (Wildman–Crippen MR) is 71.6 cm³/mol. The Balaban J connectivity index is 1.63. The van der Waals surface area contributed by atoms with Crippen molar-refractivity contribution in [3.05, 3.63) is 21.9 Å². The Labute approximate surface area is 107 Å². The van der Waals surface area contributed by atoms with E-state index in [2.05, 4.69) is 24.4 Å². The number of hydrogen-bond donors (Lipinski definition) is 1. The van der Waals surface area contributed by atoms with E-state index in [-0.39, 0.29) is 6.10 Å². The summed E-state index contributed by atoms with van der Waals surface area (Å²) in [7, 11) is 0. The van der Waals surface area contributed by atoms with Gasteiger partial charge in [-0.1, -0.05) is 19.3 Å². The van der Waals surface area contributed by atoms with Gasteiger partial charge < -0.3 is 10.1 Å². The summed E-state index contributed by atoms with van der Waals surface area (Å²) in [6.07, 6.45) is 6.99. The summed E-state index contributed by atoms with van der Waals surface area (Å²) < 4.78 is 6.12. The molecule has 1 aromatic rings. The van der Waals surface area contributed by atoms with E-state index in [1.807, 2.05) is 11.3 Å². The van der Waals surface area contributed by atoms with Crippen molar-refractivity contribution in [1.82, 2.24) is 5.32 Å². The zero-order valence-electron chi connectivity index (χ0n) is 10.5. The second kappa shape index (κ2) is 4.71. The molecule has 2 fully saturated rings. The number of nitrogens with one attached hydrogen (secondary N) is 1. The van der Waals surface area contributed by atoms with Gasteiger partial charge in [0.15, 0.2) is 0 Å². The van der Waals surface area contributed by atoms with Gasteiger partial charge in [0.1, 0.15) is 6.10 Å². The van der Waals surface area contributed by atoms with Crippen LogP contribution in [0, 0.1) is 6.92 Å². The maximum Gasteiger partial charge on any atom is 0.104 e. The topological polar surface area (TPSA) is 21.3 Å². The highest BCUT2D eigenvalue weighted by atomic mass is 32.1. The minimum atomic E-state index is 0.279. The molecule has 94 valence electrons. The molecule has 2 nitrogen and oxygen atoms in total. The van der Waals surface area contributed by atoms with Gasteiger partial charge in [0.2, 0.25) is 0 Å². The molecule has 1 N–H and O–H groups in total. The van der Waals surface area contributed by atoms with Crippen LogP contribution in [-0.2, 0) is 4.74 Å². The number of morpholine rings is 1. The maximum absolute atomic E-state index is 6.12. The number of rotatable bonds is 1. The zero-order chi connectivity index (χ0) is 11.7. The minimum absolute atomic E-state index is 0.279. The smallest absolute Gasteiger partial charge is 0.104 e. The molecule has 0 radical (unpaired) electrons. The van der Waals surface area contributed by atoms with E-state index in [9.17, 15) is 0 Å². The summed E-state index contributed by atoms with van der Waals surface area (Å²) in [5.41, 5.74) is 0.307. The van der Waals surface area contributed by atoms with Crippen LogP contribution in [0.25, 0.3) is 0 Å². The van der Waals surface area contributed by atoms with E-state index < -0.39 is 0 Å². The van der Waals surface area contributed by atoms with Crippen LogP contribution in [-0.4, -0.2) is 18.7 Å². The fraction of sp³-hybridized carbons (Fsp3) is 0.714. The van der Waals surface area contributed by atoms with Gasteiger partial charge >= 0.3 is 0 Å². The van der Waals surface area contributed by atoms with Crippen molar-refractivity contribution in [2.75, 3.05) is 13.2 Å². The molecule has 1 spiro atoms. The standard InChI is InChI=1S/C14H21NOS/c1-11-5-6-13(17-11)12-9-15-14(10-16-12)7-3-2-4-8-14/h5-6,12,15H,2-4,7-10H2,1H3. The number of hydrogen-bond acceptors (Lipinski definition) is 3. The van der Waals surface area contributed by atoms with Crippen molar-refractivity contribution < 1.29 is 4.74 Å². The molecule has 0 amide bonds. The van der Waals surface area contributed by atoms with Crippen molar-refractivity contribution in [1.29, 1.82) is 0 Å². The molecular weight excluding hydrogens is 230 g/mol. The average molecular weight is 251 g/mol. The van der Waals surface area contributed by atoms with Crippen LogP contribution in [0.1, 0.15) is 48.0 Å². The van der Waals surface area contributed by atoms with E-state index in [1.165, 1.54) is 41.9 Å². The third-order valence-electron chi connectivity index (χ3n) is 4.11. The first kappa shape index (κ1) is 11.7. The van der Waals surface area contributed by atoms with Crippen LogP contribution in [0.4, 0.5) is 0 Å². The minimum Gasteiger partial charge on any atom is -0.369 e. The second-order valence-corrected chi connectivity index (χ2v) is 6.79. The molecule has 2 aliphatic rings.